The van der Waals surface area contributed by atoms with E-state index < -0.39 is 6.61 Å². The Morgan fingerprint density at radius 1 is 1.17 bits per heavy atom. The van der Waals surface area contributed by atoms with Crippen LogP contribution in [0.2, 0.25) is 0 Å². The summed E-state index contributed by atoms with van der Waals surface area (Å²) in [5, 5.41) is 6.53. The van der Waals surface area contributed by atoms with Crippen molar-refractivity contribution in [3.05, 3.63) is 29.3 Å². The molecule has 9 heteroatoms. The van der Waals surface area contributed by atoms with Gasteiger partial charge < -0.3 is 25.2 Å². The van der Waals surface area contributed by atoms with E-state index in [1.807, 2.05) is 13.0 Å². The van der Waals surface area contributed by atoms with Gasteiger partial charge in [0.25, 0.3) is 0 Å². The molecule has 1 heterocycles. The molecule has 1 atom stereocenters. The van der Waals surface area contributed by atoms with E-state index in [-0.39, 0.29) is 29.7 Å². The van der Waals surface area contributed by atoms with Crippen LogP contribution >= 0.6 is 24.0 Å². The number of alkyl halides is 2. The van der Waals surface area contributed by atoms with Crippen molar-refractivity contribution in [1.82, 2.24) is 20.4 Å². The molecule has 1 aromatic rings. The number of aliphatic imine (C=N–C) groups is 1. The fraction of sp³-hybridized carbons (Fsp3) is 0.667. The number of ether oxygens (including phenoxy) is 1. The van der Waals surface area contributed by atoms with Crippen molar-refractivity contribution >= 4 is 29.9 Å². The van der Waals surface area contributed by atoms with Gasteiger partial charge in [0.2, 0.25) is 0 Å². The number of aryl methyl sites for hydroxylation is 1. The highest BCUT2D eigenvalue weighted by atomic mass is 127. The molecule has 0 amide bonds. The minimum absolute atomic E-state index is 0. The van der Waals surface area contributed by atoms with Crippen LogP contribution in [0.15, 0.2) is 23.2 Å². The van der Waals surface area contributed by atoms with Gasteiger partial charge in [-0.25, -0.2) is 0 Å². The first-order chi connectivity index (χ1) is 13.9. The lowest BCUT2D eigenvalue weighted by Gasteiger charge is -2.35. The number of piperazine rings is 1. The number of rotatable bonds is 9. The Morgan fingerprint density at radius 2 is 1.83 bits per heavy atom. The zero-order valence-corrected chi connectivity index (χ0v) is 20.8. The molecule has 0 spiro atoms. The molecule has 6 nitrogen and oxygen atoms in total. The average molecular weight is 539 g/mol. The van der Waals surface area contributed by atoms with Crippen LogP contribution in [-0.2, 0) is 6.54 Å². The number of hydrogen-bond donors (Lipinski definition) is 2. The van der Waals surface area contributed by atoms with Gasteiger partial charge >= 0.3 is 6.61 Å². The van der Waals surface area contributed by atoms with Crippen molar-refractivity contribution in [2.24, 2.45) is 10.9 Å². The van der Waals surface area contributed by atoms with Crippen molar-refractivity contribution in [3.63, 3.8) is 0 Å². The van der Waals surface area contributed by atoms with E-state index in [2.05, 4.69) is 44.0 Å². The highest BCUT2D eigenvalue weighted by Gasteiger charge is 2.17. The third kappa shape index (κ3) is 9.30. The summed E-state index contributed by atoms with van der Waals surface area (Å²) >= 11 is 0. The van der Waals surface area contributed by atoms with Crippen molar-refractivity contribution in [2.75, 3.05) is 52.9 Å². The second kappa shape index (κ2) is 14.0. The molecule has 1 aliphatic heterocycles. The number of hydrogen-bond acceptors (Lipinski definition) is 4. The van der Waals surface area contributed by atoms with E-state index >= 15 is 0 Å². The van der Waals surface area contributed by atoms with E-state index in [0.29, 0.717) is 24.0 Å². The lowest BCUT2D eigenvalue weighted by Crippen LogP contribution is -2.48. The van der Waals surface area contributed by atoms with Gasteiger partial charge in [-0.1, -0.05) is 31.5 Å². The van der Waals surface area contributed by atoms with Gasteiger partial charge in [-0.3, -0.25) is 4.99 Å². The Kier molecular flexibility index (Phi) is 12.5. The number of nitrogens with one attached hydrogen (secondary N) is 2. The Bertz CT molecular complexity index is 654. The van der Waals surface area contributed by atoms with Gasteiger partial charge in [-0.05, 0) is 25.5 Å². The van der Waals surface area contributed by atoms with Crippen molar-refractivity contribution in [1.29, 1.82) is 0 Å². The van der Waals surface area contributed by atoms with Crippen molar-refractivity contribution < 1.29 is 13.5 Å². The van der Waals surface area contributed by atoms with Crippen LogP contribution in [0.4, 0.5) is 8.78 Å². The summed E-state index contributed by atoms with van der Waals surface area (Å²) in [4.78, 5) is 9.23. The molecule has 0 bridgehead atoms. The Balaban J connectivity index is 0.00000450. The van der Waals surface area contributed by atoms with Crippen LogP contribution in [0.1, 0.15) is 25.0 Å². The van der Waals surface area contributed by atoms with Gasteiger partial charge in [0.1, 0.15) is 5.75 Å². The summed E-state index contributed by atoms with van der Waals surface area (Å²) in [5.74, 6) is 1.31. The smallest absolute Gasteiger partial charge is 0.387 e. The highest BCUT2D eigenvalue weighted by Crippen LogP contribution is 2.22. The zero-order valence-electron chi connectivity index (χ0n) is 18.5. The molecule has 172 valence electrons. The molecule has 2 rings (SSSR count). The van der Waals surface area contributed by atoms with Crippen LogP contribution in [0.25, 0.3) is 0 Å². The molecule has 2 N–H and O–H groups in total. The molecule has 0 radical (unpaired) electrons. The molecule has 1 aliphatic rings. The quantitative estimate of drug-likeness (QED) is 0.287. The van der Waals surface area contributed by atoms with Gasteiger partial charge in [-0.2, -0.15) is 8.78 Å². The summed E-state index contributed by atoms with van der Waals surface area (Å²) in [5.41, 5.74) is 1.67. The van der Waals surface area contributed by atoms with Crippen LogP contribution < -0.4 is 15.4 Å². The number of benzene rings is 1. The summed E-state index contributed by atoms with van der Waals surface area (Å²) < 4.78 is 29.9. The standard InChI is InChI=1S/C21H35F2N5O.HI/c1-5-27-8-10-28(11-9-27)15-17(3)13-25-21(24-4)26-14-18-12-16(2)6-7-19(18)29-20(22)23;/h6-7,12,17,20H,5,8-11,13-15H2,1-4H3,(H2,24,25,26);1H. The van der Waals surface area contributed by atoms with Gasteiger partial charge in [0.05, 0.1) is 0 Å². The second-order valence-electron chi connectivity index (χ2n) is 7.64. The first-order valence-electron chi connectivity index (χ1n) is 10.3. The Labute approximate surface area is 196 Å². The molecule has 1 aromatic carbocycles. The van der Waals surface area contributed by atoms with E-state index in [1.54, 1.807) is 19.2 Å². The summed E-state index contributed by atoms with van der Waals surface area (Å²) in [7, 11) is 1.71. The lowest BCUT2D eigenvalue weighted by molar-refractivity contribution is -0.0504. The first kappa shape index (κ1) is 26.8. The van der Waals surface area contributed by atoms with Gasteiger partial charge in [0.15, 0.2) is 5.96 Å². The third-order valence-electron chi connectivity index (χ3n) is 5.20. The fourth-order valence-electron chi connectivity index (χ4n) is 3.52. The van der Waals surface area contributed by atoms with E-state index in [4.69, 9.17) is 0 Å². The monoisotopic (exact) mass is 539 g/mol. The molecule has 30 heavy (non-hydrogen) atoms. The molecule has 0 saturated carbocycles. The molecular weight excluding hydrogens is 503 g/mol. The topological polar surface area (TPSA) is 52.1 Å². The minimum Gasteiger partial charge on any atom is -0.434 e. The largest absolute Gasteiger partial charge is 0.434 e. The molecule has 1 unspecified atom stereocenters. The van der Waals surface area contributed by atoms with E-state index in [0.717, 1.165) is 51.4 Å². The summed E-state index contributed by atoms with van der Waals surface area (Å²) in [6.45, 7) is 11.3. The predicted octanol–water partition coefficient (Wildman–Crippen LogP) is 3.15. The summed E-state index contributed by atoms with van der Waals surface area (Å²) in [6, 6.07) is 5.18. The number of nitrogens with zero attached hydrogens (tertiary/aromatic N) is 3. The maximum Gasteiger partial charge on any atom is 0.387 e. The average Bonchev–Trinajstić information content (AvgIpc) is 2.70. The molecular formula is C21H36F2IN5O. The lowest BCUT2D eigenvalue weighted by atomic mass is 10.1. The highest BCUT2D eigenvalue weighted by molar-refractivity contribution is 14.0. The van der Waals surface area contributed by atoms with Crippen LogP contribution in [0.5, 0.6) is 5.75 Å². The Hall–Kier alpha value is -1.20. The first-order valence-corrected chi connectivity index (χ1v) is 10.3. The van der Waals surface area contributed by atoms with Gasteiger partial charge in [-0.15, -0.1) is 24.0 Å². The maximum absolute atomic E-state index is 12.6. The summed E-state index contributed by atoms with van der Waals surface area (Å²) in [6.07, 6.45) is 0. The normalized spacial score (nSPS) is 16.8. The van der Waals surface area contributed by atoms with Gasteiger partial charge in [0, 0.05) is 58.4 Å². The third-order valence-corrected chi connectivity index (χ3v) is 5.20. The molecule has 1 saturated heterocycles. The van der Waals surface area contributed by atoms with Crippen LogP contribution in [0.3, 0.4) is 0 Å². The van der Waals surface area contributed by atoms with Crippen LogP contribution in [0, 0.1) is 12.8 Å². The minimum atomic E-state index is -2.84. The SMILES string of the molecule is CCN1CCN(CC(C)CNC(=NC)NCc2cc(C)ccc2OC(F)F)CC1.I. The second-order valence-corrected chi connectivity index (χ2v) is 7.64. The zero-order chi connectivity index (χ0) is 21.2. The maximum atomic E-state index is 12.6. The number of likely N-dealkylation sites (N-methyl/N-ethyl adjacent to an activating group) is 1. The number of halogens is 3. The number of guanidine groups is 1. The Morgan fingerprint density at radius 3 is 2.43 bits per heavy atom. The molecule has 0 aliphatic carbocycles. The van der Waals surface area contributed by atoms with Crippen LogP contribution in [-0.4, -0.2) is 75.2 Å². The fourth-order valence-corrected chi connectivity index (χ4v) is 3.52. The van der Waals surface area contributed by atoms with Crippen molar-refractivity contribution in [3.8, 4) is 5.75 Å². The van der Waals surface area contributed by atoms with E-state index in [9.17, 15) is 8.78 Å². The van der Waals surface area contributed by atoms with E-state index in [1.165, 1.54) is 0 Å². The predicted molar refractivity (Wildman–Crippen MR) is 129 cm³/mol. The molecule has 1 fully saturated rings. The van der Waals surface area contributed by atoms with Crippen molar-refractivity contribution in [2.45, 2.75) is 33.9 Å². The molecule has 0 aromatic heterocycles.